The highest BCUT2D eigenvalue weighted by Gasteiger charge is 2.28. The summed E-state index contributed by atoms with van der Waals surface area (Å²) in [5.41, 5.74) is 1.58. The van der Waals surface area contributed by atoms with Crippen molar-refractivity contribution < 1.29 is 23.8 Å². The average molecular weight is 409 g/mol. The first-order valence-electron chi connectivity index (χ1n) is 9.72. The van der Waals surface area contributed by atoms with Gasteiger partial charge in [0.1, 0.15) is 29.4 Å². The second-order valence-electron chi connectivity index (χ2n) is 6.99. The van der Waals surface area contributed by atoms with E-state index in [2.05, 4.69) is 9.64 Å². The first kappa shape index (κ1) is 19.8. The molecule has 2 heterocycles. The average Bonchev–Trinajstić information content (AvgIpc) is 2.95. The standard InChI is InChI=1S/C22H23N3O5/c1-28-15-7-8-18-16(13-15)22(23-17-5-3-4-6-19(17)30-18)25-11-9-24(10-12-25)20(26)14-21(27)29-2/h3-8,13H,9-12,14H2,1-2H3. The van der Waals surface area contributed by atoms with Gasteiger partial charge in [-0.1, -0.05) is 12.1 Å². The molecule has 156 valence electrons. The molecule has 4 rings (SSSR count). The fraction of sp³-hybridized carbons (Fsp3) is 0.318. The molecular formula is C22H23N3O5. The number of rotatable bonds is 3. The Morgan fingerprint density at radius 2 is 1.80 bits per heavy atom. The Labute approximate surface area is 174 Å². The Kier molecular flexibility index (Phi) is 5.56. The molecule has 0 aromatic heterocycles. The number of aliphatic imine (C=N–C) groups is 1. The van der Waals surface area contributed by atoms with E-state index < -0.39 is 5.97 Å². The zero-order chi connectivity index (χ0) is 21.1. The summed E-state index contributed by atoms with van der Waals surface area (Å²) in [7, 11) is 2.90. The number of amidine groups is 1. The number of carbonyl (C=O) groups is 2. The van der Waals surface area contributed by atoms with Gasteiger partial charge in [0.2, 0.25) is 5.91 Å². The third kappa shape index (κ3) is 3.94. The normalized spacial score (nSPS) is 15.2. The van der Waals surface area contributed by atoms with Crippen LogP contribution in [0.3, 0.4) is 0 Å². The van der Waals surface area contributed by atoms with Gasteiger partial charge in [-0.3, -0.25) is 9.59 Å². The third-order valence-corrected chi connectivity index (χ3v) is 5.19. The van der Waals surface area contributed by atoms with Crippen LogP contribution in [0.5, 0.6) is 17.2 Å². The maximum absolute atomic E-state index is 12.3. The van der Waals surface area contributed by atoms with Gasteiger partial charge in [-0.15, -0.1) is 0 Å². The molecule has 0 N–H and O–H groups in total. The summed E-state index contributed by atoms with van der Waals surface area (Å²) < 4.78 is 16.1. The lowest BCUT2D eigenvalue weighted by atomic mass is 10.1. The molecule has 0 saturated carbocycles. The highest BCUT2D eigenvalue weighted by atomic mass is 16.5. The zero-order valence-electron chi connectivity index (χ0n) is 17.0. The van der Waals surface area contributed by atoms with E-state index in [0.717, 1.165) is 17.1 Å². The number of benzene rings is 2. The molecule has 8 nitrogen and oxygen atoms in total. The Bertz CT molecular complexity index is 996. The molecule has 30 heavy (non-hydrogen) atoms. The second kappa shape index (κ2) is 8.44. The minimum absolute atomic E-state index is 0.222. The van der Waals surface area contributed by atoms with Crippen molar-refractivity contribution in [3.63, 3.8) is 0 Å². The summed E-state index contributed by atoms with van der Waals surface area (Å²) >= 11 is 0. The fourth-order valence-corrected chi connectivity index (χ4v) is 3.54. The zero-order valence-corrected chi connectivity index (χ0v) is 17.0. The van der Waals surface area contributed by atoms with Crippen LogP contribution in [0.2, 0.25) is 0 Å². The van der Waals surface area contributed by atoms with E-state index in [1.165, 1.54) is 7.11 Å². The quantitative estimate of drug-likeness (QED) is 0.573. The maximum atomic E-state index is 12.3. The molecule has 0 spiro atoms. The molecule has 2 aromatic carbocycles. The molecule has 2 aliphatic heterocycles. The number of hydrogen-bond donors (Lipinski definition) is 0. The van der Waals surface area contributed by atoms with Crippen molar-refractivity contribution >= 4 is 23.4 Å². The lowest BCUT2D eigenvalue weighted by Gasteiger charge is -2.36. The first-order chi connectivity index (χ1) is 14.6. The summed E-state index contributed by atoms with van der Waals surface area (Å²) in [5.74, 6) is 2.12. The lowest BCUT2D eigenvalue weighted by Crippen LogP contribution is -2.51. The first-order valence-corrected chi connectivity index (χ1v) is 9.72. The van der Waals surface area contributed by atoms with Crippen molar-refractivity contribution in [3.05, 3.63) is 48.0 Å². The summed E-state index contributed by atoms with van der Waals surface area (Å²) in [6.07, 6.45) is -0.237. The topological polar surface area (TPSA) is 80.7 Å². The Morgan fingerprint density at radius 1 is 1.03 bits per heavy atom. The van der Waals surface area contributed by atoms with E-state index in [0.29, 0.717) is 43.4 Å². The molecule has 0 aliphatic carbocycles. The number of methoxy groups -OCH3 is 2. The minimum atomic E-state index is -0.523. The predicted molar refractivity (Wildman–Crippen MR) is 110 cm³/mol. The van der Waals surface area contributed by atoms with Gasteiger partial charge in [0.05, 0.1) is 19.8 Å². The molecule has 2 aliphatic rings. The van der Waals surface area contributed by atoms with Gasteiger partial charge >= 0.3 is 5.97 Å². The number of hydrogen-bond acceptors (Lipinski definition) is 7. The van der Waals surface area contributed by atoms with Crippen LogP contribution < -0.4 is 9.47 Å². The van der Waals surface area contributed by atoms with E-state index >= 15 is 0 Å². The van der Waals surface area contributed by atoms with Crippen LogP contribution in [0.4, 0.5) is 5.69 Å². The number of carbonyl (C=O) groups excluding carboxylic acids is 2. The smallest absolute Gasteiger partial charge is 0.315 e. The number of piperazine rings is 1. The van der Waals surface area contributed by atoms with Crippen molar-refractivity contribution in [2.45, 2.75) is 6.42 Å². The van der Waals surface area contributed by atoms with E-state index in [-0.39, 0.29) is 12.3 Å². The summed E-state index contributed by atoms with van der Waals surface area (Å²) in [6.45, 7) is 2.17. The van der Waals surface area contributed by atoms with E-state index in [9.17, 15) is 9.59 Å². The predicted octanol–water partition coefficient (Wildman–Crippen LogP) is 2.59. The van der Waals surface area contributed by atoms with Crippen molar-refractivity contribution in [1.82, 2.24) is 9.80 Å². The fourth-order valence-electron chi connectivity index (χ4n) is 3.54. The molecule has 2 aromatic rings. The van der Waals surface area contributed by atoms with Gasteiger partial charge in [0, 0.05) is 26.2 Å². The molecule has 0 radical (unpaired) electrons. The van der Waals surface area contributed by atoms with Crippen molar-refractivity contribution in [3.8, 4) is 17.2 Å². The van der Waals surface area contributed by atoms with Crippen molar-refractivity contribution in [2.24, 2.45) is 4.99 Å². The molecule has 1 saturated heterocycles. The Hall–Kier alpha value is -3.55. The van der Waals surface area contributed by atoms with Crippen LogP contribution in [-0.4, -0.2) is 67.9 Å². The maximum Gasteiger partial charge on any atom is 0.315 e. The van der Waals surface area contributed by atoms with Crippen molar-refractivity contribution in [1.29, 1.82) is 0 Å². The highest BCUT2D eigenvalue weighted by molar-refractivity contribution is 6.04. The number of fused-ring (bicyclic) bond motifs is 2. The van der Waals surface area contributed by atoms with Crippen molar-refractivity contribution in [2.75, 3.05) is 40.4 Å². The number of esters is 1. The molecule has 0 unspecified atom stereocenters. The number of ether oxygens (including phenoxy) is 3. The third-order valence-electron chi connectivity index (χ3n) is 5.19. The molecule has 0 atom stereocenters. The second-order valence-corrected chi connectivity index (χ2v) is 6.99. The Morgan fingerprint density at radius 3 is 2.53 bits per heavy atom. The Balaban J connectivity index is 1.61. The van der Waals surface area contributed by atoms with Gasteiger partial charge in [0.25, 0.3) is 0 Å². The van der Waals surface area contributed by atoms with E-state index in [4.69, 9.17) is 14.5 Å². The number of nitrogens with zero attached hydrogens (tertiary/aromatic N) is 3. The molecule has 1 amide bonds. The van der Waals surface area contributed by atoms with Crippen LogP contribution in [-0.2, 0) is 14.3 Å². The molecular weight excluding hydrogens is 386 g/mol. The summed E-state index contributed by atoms with van der Waals surface area (Å²) in [5, 5.41) is 0. The number of para-hydroxylation sites is 2. The van der Waals surface area contributed by atoms with Crippen LogP contribution in [0, 0.1) is 0 Å². The lowest BCUT2D eigenvalue weighted by molar-refractivity contribution is -0.147. The van der Waals surface area contributed by atoms with Gasteiger partial charge in [-0.05, 0) is 30.3 Å². The van der Waals surface area contributed by atoms with Crippen LogP contribution in [0.1, 0.15) is 12.0 Å². The highest BCUT2D eigenvalue weighted by Crippen LogP contribution is 2.39. The molecule has 0 bridgehead atoms. The molecule has 1 fully saturated rings. The van der Waals surface area contributed by atoms with Gasteiger partial charge in [0.15, 0.2) is 5.75 Å². The number of amides is 1. The van der Waals surface area contributed by atoms with Crippen LogP contribution >= 0.6 is 0 Å². The monoisotopic (exact) mass is 409 g/mol. The van der Waals surface area contributed by atoms with Crippen LogP contribution in [0.15, 0.2) is 47.5 Å². The van der Waals surface area contributed by atoms with Gasteiger partial charge in [-0.2, -0.15) is 0 Å². The SMILES string of the molecule is COC(=O)CC(=O)N1CCN(C2=Nc3ccccc3Oc3ccc(OC)cc32)CC1. The minimum Gasteiger partial charge on any atom is -0.497 e. The summed E-state index contributed by atoms with van der Waals surface area (Å²) in [4.78, 5) is 32.4. The molecule has 8 heteroatoms. The summed E-state index contributed by atoms with van der Waals surface area (Å²) in [6, 6.07) is 13.3. The van der Waals surface area contributed by atoms with E-state index in [1.54, 1.807) is 12.0 Å². The van der Waals surface area contributed by atoms with Gasteiger partial charge in [-0.25, -0.2) is 4.99 Å². The van der Waals surface area contributed by atoms with E-state index in [1.807, 2.05) is 42.5 Å². The largest absolute Gasteiger partial charge is 0.497 e. The van der Waals surface area contributed by atoms with Gasteiger partial charge < -0.3 is 24.0 Å². The van der Waals surface area contributed by atoms with Crippen LogP contribution in [0.25, 0.3) is 0 Å².